The number of nitrogens with zero attached hydrogens (tertiary/aromatic N) is 3. The maximum atomic E-state index is 12.4. The Morgan fingerprint density at radius 1 is 1.12 bits per heavy atom. The van der Waals surface area contributed by atoms with Gasteiger partial charge in [0.15, 0.2) is 5.17 Å². The summed E-state index contributed by atoms with van der Waals surface area (Å²) in [5.74, 6) is 0.459. The number of hydrogen-bond donors (Lipinski definition) is 0. The van der Waals surface area contributed by atoms with Gasteiger partial charge in [-0.2, -0.15) is 0 Å². The van der Waals surface area contributed by atoms with Crippen LogP contribution in [-0.4, -0.2) is 28.0 Å². The second kappa shape index (κ2) is 7.01. The zero-order chi connectivity index (χ0) is 17.1. The average Bonchev–Trinajstić information content (AvgIpc) is 2.84. The van der Waals surface area contributed by atoms with Crippen molar-refractivity contribution in [2.24, 2.45) is 4.99 Å². The van der Waals surface area contributed by atoms with Crippen LogP contribution in [0.25, 0.3) is 6.08 Å². The third-order valence-corrected chi connectivity index (χ3v) is 4.85. The molecule has 0 radical (unpaired) electrons. The van der Waals surface area contributed by atoms with Gasteiger partial charge >= 0.3 is 0 Å². The first-order valence-electron chi connectivity index (χ1n) is 7.81. The van der Waals surface area contributed by atoms with Crippen LogP contribution in [0.3, 0.4) is 0 Å². The van der Waals surface area contributed by atoms with Gasteiger partial charge in [-0.05, 0) is 59.1 Å². The quantitative estimate of drug-likeness (QED) is 0.778. The molecule has 4 nitrogen and oxygen atoms in total. The monoisotopic (exact) mass is 337 g/mol. The number of aliphatic imine (C=N–C) groups is 1. The van der Waals surface area contributed by atoms with E-state index in [0.717, 1.165) is 11.3 Å². The van der Waals surface area contributed by atoms with Gasteiger partial charge in [0.2, 0.25) is 0 Å². The number of carbonyl (C=O) groups excluding carboxylic acids is 1. The van der Waals surface area contributed by atoms with Crippen molar-refractivity contribution in [1.82, 2.24) is 9.88 Å². The molecule has 3 rings (SSSR count). The predicted octanol–water partition coefficient (Wildman–Crippen LogP) is 4.44. The zero-order valence-electron chi connectivity index (χ0n) is 13.9. The number of carbonyl (C=O) groups is 1. The number of amides is 1. The van der Waals surface area contributed by atoms with E-state index in [9.17, 15) is 4.79 Å². The normalized spacial score (nSPS) is 18.2. The number of rotatable bonds is 3. The van der Waals surface area contributed by atoms with Crippen molar-refractivity contribution in [3.63, 3.8) is 0 Å². The fourth-order valence-electron chi connectivity index (χ4n) is 2.31. The van der Waals surface area contributed by atoms with Crippen LogP contribution in [0.5, 0.6) is 0 Å². The van der Waals surface area contributed by atoms with Crippen molar-refractivity contribution < 1.29 is 4.79 Å². The van der Waals surface area contributed by atoms with Crippen LogP contribution >= 0.6 is 11.8 Å². The fourth-order valence-corrected chi connectivity index (χ4v) is 3.29. The molecule has 122 valence electrons. The van der Waals surface area contributed by atoms with Crippen molar-refractivity contribution in [2.75, 3.05) is 7.05 Å². The lowest BCUT2D eigenvalue weighted by Crippen LogP contribution is -2.23. The van der Waals surface area contributed by atoms with Gasteiger partial charge in [0.1, 0.15) is 0 Å². The molecule has 1 amide bonds. The molecule has 5 heteroatoms. The first-order valence-corrected chi connectivity index (χ1v) is 8.62. The highest BCUT2D eigenvalue weighted by Crippen LogP contribution is 2.33. The molecule has 2 aromatic rings. The number of likely N-dealkylation sites (N-methyl/N-ethyl adjacent to an activating group) is 1. The summed E-state index contributed by atoms with van der Waals surface area (Å²) in [5, 5.41) is 0.692. The van der Waals surface area contributed by atoms with Gasteiger partial charge in [-0.3, -0.25) is 14.7 Å². The van der Waals surface area contributed by atoms with E-state index in [0.29, 0.717) is 16.0 Å². The standard InChI is InChI=1S/C19H19N3OS/c1-13(2)15-4-6-16(7-5-15)21-19-22(3)18(23)17(24-19)12-14-8-10-20-11-9-14/h4-13H,1-3H3/b17-12-,21-19?. The first kappa shape index (κ1) is 16.5. The van der Waals surface area contributed by atoms with E-state index in [1.807, 2.05) is 30.3 Å². The summed E-state index contributed by atoms with van der Waals surface area (Å²) in [6, 6.07) is 11.9. The van der Waals surface area contributed by atoms with E-state index in [1.54, 1.807) is 24.3 Å². The lowest BCUT2D eigenvalue weighted by atomic mass is 10.0. The van der Waals surface area contributed by atoms with Gasteiger partial charge in [0, 0.05) is 19.4 Å². The Bertz CT molecular complexity index is 795. The third kappa shape index (κ3) is 3.57. The van der Waals surface area contributed by atoms with Gasteiger partial charge < -0.3 is 0 Å². The number of pyridine rings is 1. The van der Waals surface area contributed by atoms with Crippen molar-refractivity contribution in [3.05, 3.63) is 64.8 Å². The van der Waals surface area contributed by atoms with Crippen LogP contribution < -0.4 is 0 Å². The van der Waals surface area contributed by atoms with E-state index < -0.39 is 0 Å². The van der Waals surface area contributed by atoms with Crippen LogP contribution in [0.1, 0.15) is 30.9 Å². The summed E-state index contributed by atoms with van der Waals surface area (Å²) >= 11 is 1.39. The first-order chi connectivity index (χ1) is 11.5. The molecule has 1 saturated heterocycles. The summed E-state index contributed by atoms with van der Waals surface area (Å²) in [6.07, 6.45) is 5.30. The van der Waals surface area contributed by atoms with Crippen LogP contribution in [0.15, 0.2) is 58.7 Å². The Morgan fingerprint density at radius 3 is 2.42 bits per heavy atom. The zero-order valence-corrected chi connectivity index (χ0v) is 14.7. The summed E-state index contributed by atoms with van der Waals surface area (Å²) in [7, 11) is 1.75. The van der Waals surface area contributed by atoms with Crippen molar-refractivity contribution in [3.8, 4) is 0 Å². The highest BCUT2D eigenvalue weighted by Gasteiger charge is 2.30. The highest BCUT2D eigenvalue weighted by atomic mass is 32.2. The molecule has 24 heavy (non-hydrogen) atoms. The molecule has 1 aliphatic rings. The molecular formula is C19H19N3OS. The molecule has 0 bridgehead atoms. The molecular weight excluding hydrogens is 318 g/mol. The van der Waals surface area contributed by atoms with Crippen molar-refractivity contribution >= 4 is 34.6 Å². The van der Waals surface area contributed by atoms with Gasteiger partial charge in [0.25, 0.3) is 5.91 Å². The second-order valence-corrected chi connectivity index (χ2v) is 6.91. The summed E-state index contributed by atoms with van der Waals surface area (Å²) < 4.78 is 0. The summed E-state index contributed by atoms with van der Waals surface area (Å²) in [5.41, 5.74) is 3.09. The second-order valence-electron chi connectivity index (χ2n) is 5.90. The Morgan fingerprint density at radius 2 is 1.79 bits per heavy atom. The molecule has 0 unspecified atom stereocenters. The predicted molar refractivity (Wildman–Crippen MR) is 100 cm³/mol. The SMILES string of the molecule is CC(C)c1ccc(N=C2S/C(=C\c3ccncc3)C(=O)N2C)cc1. The lowest BCUT2D eigenvalue weighted by molar-refractivity contribution is -0.121. The molecule has 0 atom stereocenters. The number of thioether (sulfide) groups is 1. The van der Waals surface area contributed by atoms with E-state index in [4.69, 9.17) is 0 Å². The summed E-state index contributed by atoms with van der Waals surface area (Å²) in [6.45, 7) is 4.33. The van der Waals surface area contributed by atoms with E-state index in [-0.39, 0.29) is 5.91 Å². The van der Waals surface area contributed by atoms with E-state index in [2.05, 4.69) is 36.0 Å². The molecule has 0 spiro atoms. The molecule has 1 fully saturated rings. The van der Waals surface area contributed by atoms with E-state index >= 15 is 0 Å². The Balaban J connectivity index is 1.84. The molecule has 0 aliphatic carbocycles. The Hall–Kier alpha value is -2.40. The fraction of sp³-hybridized carbons (Fsp3) is 0.211. The summed E-state index contributed by atoms with van der Waals surface area (Å²) in [4.78, 5) is 23.3. The molecule has 0 saturated carbocycles. The van der Waals surface area contributed by atoms with Crippen LogP contribution in [0.2, 0.25) is 0 Å². The van der Waals surface area contributed by atoms with Gasteiger partial charge in [0.05, 0.1) is 10.6 Å². The molecule has 1 aromatic carbocycles. The average molecular weight is 337 g/mol. The van der Waals surface area contributed by atoms with Crippen LogP contribution in [0, 0.1) is 0 Å². The van der Waals surface area contributed by atoms with Crippen molar-refractivity contribution in [2.45, 2.75) is 19.8 Å². The van der Waals surface area contributed by atoms with Crippen LogP contribution in [-0.2, 0) is 4.79 Å². The minimum atomic E-state index is -0.0330. The Labute approximate surface area is 146 Å². The van der Waals surface area contributed by atoms with Gasteiger partial charge in [-0.15, -0.1) is 0 Å². The van der Waals surface area contributed by atoms with Gasteiger partial charge in [-0.25, -0.2) is 4.99 Å². The molecule has 1 aliphatic heterocycles. The largest absolute Gasteiger partial charge is 0.290 e. The highest BCUT2D eigenvalue weighted by molar-refractivity contribution is 8.18. The van der Waals surface area contributed by atoms with Crippen LogP contribution in [0.4, 0.5) is 5.69 Å². The maximum absolute atomic E-state index is 12.4. The number of benzene rings is 1. The topological polar surface area (TPSA) is 45.6 Å². The smallest absolute Gasteiger partial charge is 0.266 e. The molecule has 0 N–H and O–H groups in total. The minimum absolute atomic E-state index is 0.0330. The number of hydrogen-bond acceptors (Lipinski definition) is 4. The number of amidine groups is 1. The van der Waals surface area contributed by atoms with Crippen molar-refractivity contribution in [1.29, 1.82) is 0 Å². The maximum Gasteiger partial charge on any atom is 0.266 e. The minimum Gasteiger partial charge on any atom is -0.290 e. The van der Waals surface area contributed by atoms with E-state index in [1.165, 1.54) is 17.3 Å². The third-order valence-electron chi connectivity index (χ3n) is 3.79. The lowest BCUT2D eigenvalue weighted by Gasteiger charge is -2.08. The Kier molecular flexibility index (Phi) is 4.81. The van der Waals surface area contributed by atoms with Gasteiger partial charge in [-0.1, -0.05) is 26.0 Å². The molecule has 2 heterocycles. The number of aromatic nitrogens is 1. The molecule has 1 aromatic heterocycles.